The summed E-state index contributed by atoms with van der Waals surface area (Å²) in [5.41, 5.74) is 4.00. The van der Waals surface area contributed by atoms with Gasteiger partial charge >= 0.3 is 5.97 Å². The van der Waals surface area contributed by atoms with Gasteiger partial charge in [0.05, 0.1) is 31.9 Å². The molecule has 2 aromatic carbocycles. The van der Waals surface area contributed by atoms with Crippen molar-refractivity contribution in [3.8, 4) is 11.6 Å². The minimum absolute atomic E-state index is 0.106. The smallest absolute Gasteiger partial charge is 0.340 e. The van der Waals surface area contributed by atoms with Crippen molar-refractivity contribution in [1.82, 2.24) is 4.57 Å². The summed E-state index contributed by atoms with van der Waals surface area (Å²) in [4.78, 5) is 25.3. The van der Waals surface area contributed by atoms with Crippen molar-refractivity contribution in [2.24, 2.45) is 0 Å². The molecule has 1 N–H and O–H groups in total. The van der Waals surface area contributed by atoms with Crippen LogP contribution in [0.2, 0.25) is 0 Å². The number of rotatable bonds is 5. The van der Waals surface area contributed by atoms with Crippen LogP contribution < -0.4 is 4.74 Å². The third-order valence-corrected chi connectivity index (χ3v) is 5.64. The predicted molar refractivity (Wildman–Crippen MR) is 123 cm³/mol. The summed E-state index contributed by atoms with van der Waals surface area (Å²) in [6.45, 7) is 2.08. The maximum absolute atomic E-state index is 12.7. The van der Waals surface area contributed by atoms with Crippen LogP contribution in [0.15, 0.2) is 54.6 Å². The molecule has 0 saturated carbocycles. The first kappa shape index (κ1) is 21.2. The van der Waals surface area contributed by atoms with Crippen LogP contribution in [-0.2, 0) is 16.1 Å². The van der Waals surface area contributed by atoms with Gasteiger partial charge in [-0.3, -0.25) is 4.79 Å². The molecule has 0 fully saturated rings. The average molecular weight is 429 g/mol. The number of nitrogens with zero attached hydrogens (tertiary/aromatic N) is 1. The van der Waals surface area contributed by atoms with Gasteiger partial charge in [0.1, 0.15) is 5.75 Å². The predicted octanol–water partition coefficient (Wildman–Crippen LogP) is 4.48. The van der Waals surface area contributed by atoms with Gasteiger partial charge < -0.3 is 19.1 Å². The number of benzene rings is 2. The Morgan fingerprint density at radius 2 is 1.78 bits per heavy atom. The molecule has 6 heteroatoms. The SMILES string of the molecule is COC(=O)c1c(C=C2C(=O)C=Cc3ccccc32)c(O)n(Cc2ccc(OC)cc2)c1C. The largest absolute Gasteiger partial charge is 0.497 e. The average Bonchev–Trinajstić information content (AvgIpc) is 3.05. The number of ether oxygens (including phenoxy) is 2. The lowest BCUT2D eigenvalue weighted by molar-refractivity contribution is -0.109. The van der Waals surface area contributed by atoms with Crippen LogP contribution in [0.3, 0.4) is 0 Å². The van der Waals surface area contributed by atoms with E-state index in [4.69, 9.17) is 9.47 Å². The molecular formula is C26H23NO5. The Morgan fingerprint density at radius 1 is 1.06 bits per heavy atom. The van der Waals surface area contributed by atoms with E-state index in [-0.39, 0.29) is 22.8 Å². The molecule has 0 aliphatic heterocycles. The Bertz CT molecular complexity index is 1260. The van der Waals surface area contributed by atoms with Crippen LogP contribution in [0.4, 0.5) is 0 Å². The number of allylic oxidation sites excluding steroid dienone is 2. The van der Waals surface area contributed by atoms with Gasteiger partial charge in [-0.2, -0.15) is 0 Å². The molecule has 162 valence electrons. The highest BCUT2D eigenvalue weighted by Crippen LogP contribution is 2.36. The van der Waals surface area contributed by atoms with E-state index in [0.717, 1.165) is 22.4 Å². The van der Waals surface area contributed by atoms with Crippen molar-refractivity contribution >= 4 is 29.5 Å². The molecule has 1 aliphatic rings. The number of esters is 1. The van der Waals surface area contributed by atoms with Crippen LogP contribution in [0.1, 0.15) is 38.3 Å². The molecule has 0 unspecified atom stereocenters. The highest BCUT2D eigenvalue weighted by Gasteiger charge is 2.27. The number of carbonyl (C=O) groups is 2. The molecule has 0 spiro atoms. The summed E-state index contributed by atoms with van der Waals surface area (Å²) >= 11 is 0. The first-order valence-corrected chi connectivity index (χ1v) is 10.1. The van der Waals surface area contributed by atoms with Crippen molar-refractivity contribution in [3.63, 3.8) is 0 Å². The quantitative estimate of drug-likeness (QED) is 0.478. The summed E-state index contributed by atoms with van der Waals surface area (Å²) in [6, 6.07) is 14.9. The molecule has 0 amide bonds. The van der Waals surface area contributed by atoms with E-state index in [1.165, 1.54) is 13.2 Å². The zero-order chi connectivity index (χ0) is 22.8. The minimum atomic E-state index is -0.579. The Kier molecular flexibility index (Phi) is 5.69. The summed E-state index contributed by atoms with van der Waals surface area (Å²) in [7, 11) is 2.89. The molecule has 0 atom stereocenters. The maximum Gasteiger partial charge on any atom is 0.340 e. The van der Waals surface area contributed by atoms with Crippen LogP contribution in [0.5, 0.6) is 11.6 Å². The number of ketones is 1. The third kappa shape index (κ3) is 3.71. The molecule has 6 nitrogen and oxygen atoms in total. The molecule has 32 heavy (non-hydrogen) atoms. The molecule has 1 aromatic heterocycles. The van der Waals surface area contributed by atoms with Crippen LogP contribution in [0, 0.1) is 6.92 Å². The zero-order valence-corrected chi connectivity index (χ0v) is 18.1. The molecule has 3 aromatic rings. The third-order valence-electron chi connectivity index (χ3n) is 5.64. The molecular weight excluding hydrogens is 406 g/mol. The fourth-order valence-electron chi connectivity index (χ4n) is 3.92. The van der Waals surface area contributed by atoms with E-state index in [9.17, 15) is 14.7 Å². The van der Waals surface area contributed by atoms with Gasteiger partial charge in [-0.1, -0.05) is 42.5 Å². The van der Waals surface area contributed by atoms with E-state index in [1.807, 2.05) is 48.5 Å². The highest BCUT2D eigenvalue weighted by molar-refractivity contribution is 6.33. The molecule has 4 rings (SSSR count). The highest BCUT2D eigenvalue weighted by atomic mass is 16.5. The molecule has 0 radical (unpaired) electrons. The van der Waals surface area contributed by atoms with Crippen molar-refractivity contribution < 1.29 is 24.2 Å². The fourth-order valence-corrected chi connectivity index (χ4v) is 3.92. The van der Waals surface area contributed by atoms with Crippen molar-refractivity contribution in [2.75, 3.05) is 14.2 Å². The Balaban J connectivity index is 1.85. The lowest BCUT2D eigenvalue weighted by Crippen LogP contribution is -2.07. The van der Waals surface area contributed by atoms with Crippen molar-refractivity contribution in [3.05, 3.63) is 88.1 Å². The number of aromatic nitrogens is 1. The van der Waals surface area contributed by atoms with Crippen LogP contribution in [-0.4, -0.2) is 35.6 Å². The first-order valence-electron chi connectivity index (χ1n) is 10.1. The van der Waals surface area contributed by atoms with E-state index < -0.39 is 5.97 Å². The van der Waals surface area contributed by atoms with Crippen LogP contribution in [0.25, 0.3) is 17.7 Å². The Morgan fingerprint density at radius 3 is 2.47 bits per heavy atom. The second-order valence-corrected chi connectivity index (χ2v) is 7.47. The van der Waals surface area contributed by atoms with Gasteiger partial charge in [0.25, 0.3) is 0 Å². The summed E-state index contributed by atoms with van der Waals surface area (Å²) in [5.74, 6) is -0.152. The van der Waals surface area contributed by atoms with Crippen LogP contribution >= 0.6 is 0 Å². The Hall–Kier alpha value is -4.06. The lowest BCUT2D eigenvalue weighted by atomic mass is 9.90. The van der Waals surface area contributed by atoms with Gasteiger partial charge in [0, 0.05) is 11.3 Å². The van der Waals surface area contributed by atoms with E-state index in [1.54, 1.807) is 30.8 Å². The number of aromatic hydroxyl groups is 1. The second kappa shape index (κ2) is 8.59. The number of hydrogen-bond donors (Lipinski definition) is 1. The van der Waals surface area contributed by atoms with E-state index in [0.29, 0.717) is 17.8 Å². The lowest BCUT2D eigenvalue weighted by Gasteiger charge is -2.13. The number of hydrogen-bond acceptors (Lipinski definition) is 5. The zero-order valence-electron chi connectivity index (χ0n) is 18.1. The van der Waals surface area contributed by atoms with Gasteiger partial charge in [-0.15, -0.1) is 0 Å². The normalized spacial score (nSPS) is 13.8. The van der Waals surface area contributed by atoms with Gasteiger partial charge in [0.15, 0.2) is 11.7 Å². The first-order chi connectivity index (χ1) is 15.4. The monoisotopic (exact) mass is 429 g/mol. The molecule has 0 saturated heterocycles. The topological polar surface area (TPSA) is 77.8 Å². The number of carbonyl (C=O) groups excluding carboxylic acids is 2. The second-order valence-electron chi connectivity index (χ2n) is 7.47. The van der Waals surface area contributed by atoms with E-state index in [2.05, 4.69) is 0 Å². The standard InChI is InChI=1S/C26H23NO5/c1-16-24(26(30)32-3)22(14-21-20-7-5-4-6-18(20)10-13-23(21)28)25(29)27(16)15-17-8-11-19(31-2)12-9-17/h4-14,29H,15H2,1-3H3. The maximum atomic E-state index is 12.7. The Labute approximate surface area is 186 Å². The van der Waals surface area contributed by atoms with Crippen molar-refractivity contribution in [1.29, 1.82) is 0 Å². The summed E-state index contributed by atoms with van der Waals surface area (Å²) in [5, 5.41) is 11.1. The van der Waals surface area contributed by atoms with Gasteiger partial charge in [0.2, 0.25) is 0 Å². The molecule has 0 bridgehead atoms. The summed E-state index contributed by atoms with van der Waals surface area (Å²) < 4.78 is 11.8. The minimum Gasteiger partial charge on any atom is -0.497 e. The molecule has 1 heterocycles. The van der Waals surface area contributed by atoms with Crippen molar-refractivity contribution in [2.45, 2.75) is 13.5 Å². The fraction of sp³-hybridized carbons (Fsp3) is 0.154. The van der Waals surface area contributed by atoms with Gasteiger partial charge in [-0.25, -0.2) is 4.79 Å². The van der Waals surface area contributed by atoms with Gasteiger partial charge in [-0.05, 0) is 47.9 Å². The van der Waals surface area contributed by atoms with E-state index >= 15 is 0 Å². The molecule has 1 aliphatic carbocycles. The number of methoxy groups -OCH3 is 2. The summed E-state index contributed by atoms with van der Waals surface area (Å²) in [6.07, 6.45) is 4.82. The number of fused-ring (bicyclic) bond motifs is 1.